The smallest absolute Gasteiger partial charge is 0.269 e. The topological polar surface area (TPSA) is 85.0 Å². The maximum absolute atomic E-state index is 13.0. The van der Waals surface area contributed by atoms with Crippen LogP contribution >= 0.6 is 0 Å². The third-order valence-corrected chi connectivity index (χ3v) is 6.37. The maximum atomic E-state index is 13.0. The minimum atomic E-state index is -3.63. The number of nitrogens with one attached hydrogen (secondary N) is 1. The van der Waals surface area contributed by atoms with E-state index in [0.717, 1.165) is 22.6 Å². The number of nitro groups is 1. The normalized spacial score (nSPS) is 16.5. The summed E-state index contributed by atoms with van der Waals surface area (Å²) >= 11 is 0. The molecule has 0 radical (unpaired) electrons. The Morgan fingerprint density at radius 3 is 2.38 bits per heavy atom. The Morgan fingerprint density at radius 2 is 1.77 bits per heavy atom. The number of piperazine rings is 1. The summed E-state index contributed by atoms with van der Waals surface area (Å²) in [5.41, 5.74) is 0.906. The van der Waals surface area contributed by atoms with E-state index >= 15 is 0 Å². The van der Waals surface area contributed by atoms with Crippen LogP contribution in [0.4, 0.5) is 10.1 Å². The molecular weight excluding hydrogens is 361 g/mol. The van der Waals surface area contributed by atoms with Crippen molar-refractivity contribution < 1.29 is 22.6 Å². The molecule has 0 spiro atoms. The molecule has 1 N–H and O–H groups in total. The molecule has 138 valence electrons. The summed E-state index contributed by atoms with van der Waals surface area (Å²) in [5.74, 6) is -0.477. The first kappa shape index (κ1) is 18.4. The Labute approximate surface area is 150 Å². The van der Waals surface area contributed by atoms with E-state index in [1.54, 1.807) is 12.1 Å². The molecule has 0 unspecified atom stereocenters. The van der Waals surface area contributed by atoms with Crippen molar-refractivity contribution in [1.82, 2.24) is 4.31 Å². The van der Waals surface area contributed by atoms with Crippen molar-refractivity contribution in [2.45, 2.75) is 11.4 Å². The van der Waals surface area contributed by atoms with E-state index in [4.69, 9.17) is 0 Å². The number of quaternary nitrogens is 1. The predicted molar refractivity (Wildman–Crippen MR) is 92.7 cm³/mol. The molecule has 3 rings (SSSR count). The summed E-state index contributed by atoms with van der Waals surface area (Å²) < 4.78 is 39.6. The van der Waals surface area contributed by atoms with Gasteiger partial charge in [0.15, 0.2) is 0 Å². The van der Waals surface area contributed by atoms with Crippen LogP contribution in [-0.4, -0.2) is 43.8 Å². The average Bonchev–Trinajstić information content (AvgIpc) is 2.63. The van der Waals surface area contributed by atoms with E-state index in [9.17, 15) is 22.9 Å². The number of non-ortho nitro benzene ring substituents is 1. The standard InChI is InChI=1S/C17H18FN3O4S/c18-15-4-6-17(7-5-15)26(24,25)20-10-8-19(9-11-20)13-14-2-1-3-16(12-14)21(22)23/h1-7,12H,8-11,13H2/p+1. The third kappa shape index (κ3) is 4.06. The third-order valence-electron chi connectivity index (χ3n) is 4.46. The Morgan fingerprint density at radius 1 is 1.12 bits per heavy atom. The molecule has 0 aliphatic carbocycles. The van der Waals surface area contributed by atoms with E-state index in [1.807, 2.05) is 6.07 Å². The summed E-state index contributed by atoms with van der Waals surface area (Å²) in [6.45, 7) is 2.51. The molecular formula is C17H19FN3O4S+. The monoisotopic (exact) mass is 380 g/mol. The first-order chi connectivity index (χ1) is 12.4. The van der Waals surface area contributed by atoms with Gasteiger partial charge in [-0.3, -0.25) is 10.1 Å². The van der Waals surface area contributed by atoms with Gasteiger partial charge >= 0.3 is 0 Å². The number of sulfonamides is 1. The fourth-order valence-corrected chi connectivity index (χ4v) is 4.49. The number of benzene rings is 2. The second-order valence-electron chi connectivity index (χ2n) is 6.21. The molecule has 0 saturated carbocycles. The lowest BCUT2D eigenvalue weighted by atomic mass is 10.2. The van der Waals surface area contributed by atoms with Gasteiger partial charge in [0, 0.05) is 17.7 Å². The van der Waals surface area contributed by atoms with Crippen molar-refractivity contribution in [3.8, 4) is 0 Å². The van der Waals surface area contributed by atoms with Crippen LogP contribution in [0.3, 0.4) is 0 Å². The summed E-state index contributed by atoms with van der Waals surface area (Å²) in [6, 6.07) is 11.3. The molecule has 1 aliphatic heterocycles. The molecule has 2 aromatic rings. The van der Waals surface area contributed by atoms with Crippen LogP contribution in [0.2, 0.25) is 0 Å². The zero-order valence-corrected chi connectivity index (χ0v) is 14.8. The number of nitro benzene ring substituents is 1. The molecule has 0 amide bonds. The fourth-order valence-electron chi connectivity index (χ4n) is 3.04. The van der Waals surface area contributed by atoms with Crippen molar-refractivity contribution in [2.75, 3.05) is 26.2 Å². The Kier molecular flexibility index (Phi) is 5.30. The number of hydrogen-bond acceptors (Lipinski definition) is 4. The van der Waals surface area contributed by atoms with Gasteiger partial charge in [0.25, 0.3) is 5.69 Å². The van der Waals surface area contributed by atoms with Crippen molar-refractivity contribution >= 4 is 15.7 Å². The lowest BCUT2D eigenvalue weighted by Gasteiger charge is -2.31. The van der Waals surface area contributed by atoms with Crippen LogP contribution in [0.15, 0.2) is 53.4 Å². The Balaban J connectivity index is 1.63. The highest BCUT2D eigenvalue weighted by atomic mass is 32.2. The fraction of sp³-hybridized carbons (Fsp3) is 0.294. The molecule has 1 heterocycles. The quantitative estimate of drug-likeness (QED) is 0.615. The van der Waals surface area contributed by atoms with Crippen LogP contribution in [0.1, 0.15) is 5.56 Å². The highest BCUT2D eigenvalue weighted by Gasteiger charge is 2.30. The number of halogens is 1. The zero-order valence-electron chi connectivity index (χ0n) is 14.0. The summed E-state index contributed by atoms with van der Waals surface area (Å²) in [5, 5.41) is 10.9. The number of rotatable bonds is 5. The van der Waals surface area contributed by atoms with E-state index < -0.39 is 20.8 Å². The maximum Gasteiger partial charge on any atom is 0.269 e. The highest BCUT2D eigenvalue weighted by molar-refractivity contribution is 7.89. The Hall–Kier alpha value is -2.36. The van der Waals surface area contributed by atoms with Gasteiger partial charge in [-0.2, -0.15) is 4.31 Å². The van der Waals surface area contributed by atoms with Crippen LogP contribution in [0.25, 0.3) is 0 Å². The van der Waals surface area contributed by atoms with Crippen molar-refractivity contribution in [1.29, 1.82) is 0 Å². The van der Waals surface area contributed by atoms with Crippen molar-refractivity contribution in [3.05, 3.63) is 70.0 Å². The summed E-state index contributed by atoms with van der Waals surface area (Å²) in [4.78, 5) is 11.7. The van der Waals surface area contributed by atoms with E-state index in [0.29, 0.717) is 32.7 Å². The van der Waals surface area contributed by atoms with E-state index in [2.05, 4.69) is 0 Å². The van der Waals surface area contributed by atoms with Gasteiger partial charge in [0.2, 0.25) is 10.0 Å². The molecule has 1 fully saturated rings. The van der Waals surface area contributed by atoms with Gasteiger partial charge in [0.1, 0.15) is 12.4 Å². The lowest BCUT2D eigenvalue weighted by molar-refractivity contribution is -0.917. The summed E-state index contributed by atoms with van der Waals surface area (Å²) in [7, 11) is -3.63. The minimum Gasteiger partial charge on any atom is -0.329 e. The molecule has 26 heavy (non-hydrogen) atoms. The van der Waals surface area contributed by atoms with Crippen LogP contribution in [-0.2, 0) is 16.6 Å². The highest BCUT2D eigenvalue weighted by Crippen LogP contribution is 2.16. The van der Waals surface area contributed by atoms with Gasteiger partial charge in [-0.25, -0.2) is 12.8 Å². The van der Waals surface area contributed by atoms with Gasteiger partial charge in [-0.15, -0.1) is 0 Å². The molecule has 2 aromatic carbocycles. The molecule has 7 nitrogen and oxygen atoms in total. The van der Waals surface area contributed by atoms with E-state index in [-0.39, 0.29) is 10.6 Å². The average molecular weight is 380 g/mol. The molecule has 1 saturated heterocycles. The first-order valence-electron chi connectivity index (χ1n) is 8.19. The van der Waals surface area contributed by atoms with Gasteiger partial charge in [-0.05, 0) is 24.3 Å². The lowest BCUT2D eigenvalue weighted by Crippen LogP contribution is -3.13. The van der Waals surface area contributed by atoms with Crippen molar-refractivity contribution in [3.63, 3.8) is 0 Å². The molecule has 9 heteroatoms. The molecule has 0 atom stereocenters. The second-order valence-corrected chi connectivity index (χ2v) is 8.15. The van der Waals surface area contributed by atoms with Gasteiger partial charge in [0.05, 0.1) is 36.0 Å². The SMILES string of the molecule is O=[N+]([O-])c1cccc(C[NH+]2CCN(S(=O)(=O)c3ccc(F)cc3)CC2)c1. The molecule has 0 aromatic heterocycles. The second kappa shape index (κ2) is 7.48. The van der Waals surface area contributed by atoms with Crippen LogP contribution < -0.4 is 4.90 Å². The molecule has 0 bridgehead atoms. The van der Waals surface area contributed by atoms with Gasteiger partial charge in [-0.1, -0.05) is 12.1 Å². The van der Waals surface area contributed by atoms with Crippen LogP contribution in [0, 0.1) is 15.9 Å². The predicted octanol–water partition coefficient (Wildman–Crippen LogP) is 0.823. The largest absolute Gasteiger partial charge is 0.329 e. The van der Waals surface area contributed by atoms with Gasteiger partial charge < -0.3 is 4.90 Å². The first-order valence-corrected chi connectivity index (χ1v) is 9.63. The molecule has 1 aliphatic rings. The number of hydrogen-bond donors (Lipinski definition) is 1. The summed E-state index contributed by atoms with van der Waals surface area (Å²) in [6.07, 6.45) is 0. The minimum absolute atomic E-state index is 0.0550. The Bertz CT molecular complexity index is 894. The number of nitrogens with zero attached hydrogens (tertiary/aromatic N) is 2. The van der Waals surface area contributed by atoms with E-state index in [1.165, 1.54) is 22.5 Å². The zero-order chi connectivity index (χ0) is 18.7. The van der Waals surface area contributed by atoms with Crippen molar-refractivity contribution in [2.24, 2.45) is 0 Å². The van der Waals surface area contributed by atoms with Crippen LogP contribution in [0.5, 0.6) is 0 Å².